The summed E-state index contributed by atoms with van der Waals surface area (Å²) < 4.78 is 10.9. The number of nitrogens with zero attached hydrogens (tertiary/aromatic N) is 1. The molecule has 3 aromatic carbocycles. The van der Waals surface area contributed by atoms with Gasteiger partial charge in [-0.1, -0.05) is 78.9 Å². The van der Waals surface area contributed by atoms with Crippen molar-refractivity contribution in [3.63, 3.8) is 0 Å². The predicted octanol–water partition coefficient (Wildman–Crippen LogP) is 5.98. The zero-order valence-corrected chi connectivity index (χ0v) is 15.7. The molecule has 0 bridgehead atoms. The minimum atomic E-state index is -0.0474. The summed E-state index contributed by atoms with van der Waals surface area (Å²) >= 11 is 1.50. The van der Waals surface area contributed by atoms with Crippen LogP contribution in [0.1, 0.15) is 18.1 Å². The van der Waals surface area contributed by atoms with Crippen molar-refractivity contribution in [3.05, 3.63) is 102 Å². The van der Waals surface area contributed by atoms with E-state index in [2.05, 4.69) is 55.5 Å². The van der Waals surface area contributed by atoms with E-state index < -0.39 is 0 Å². The highest BCUT2D eigenvalue weighted by Gasteiger charge is 2.14. The predicted molar refractivity (Wildman–Crippen MR) is 111 cm³/mol. The quantitative estimate of drug-likeness (QED) is 0.363. The van der Waals surface area contributed by atoms with Gasteiger partial charge in [-0.2, -0.15) is 0 Å². The molecule has 0 saturated heterocycles. The van der Waals surface area contributed by atoms with Crippen molar-refractivity contribution >= 4 is 17.7 Å². The molecule has 0 spiro atoms. The fraction of sp³-hybridized carbons (Fsp3) is 0.174. The minimum absolute atomic E-state index is 0.0474. The monoisotopic (exact) mass is 361 g/mol. The van der Waals surface area contributed by atoms with Crippen molar-refractivity contribution in [2.45, 2.75) is 31.0 Å². The van der Waals surface area contributed by atoms with Gasteiger partial charge >= 0.3 is 0 Å². The summed E-state index contributed by atoms with van der Waals surface area (Å²) in [6.45, 7) is 2.63. The largest absolute Gasteiger partial charge is 0.367 e. The molecule has 0 aromatic heterocycles. The standard InChI is InChI=1S/C23H23NOS/c1-19(24-26-22-15-9-4-10-16-22)23(17-20-11-5-2-6-12-20)25-18-21-13-7-3-8-14-21/h2-16,23H,17-18H2,1H3/b24-19+/t23-/m0/s1. The summed E-state index contributed by atoms with van der Waals surface area (Å²) in [4.78, 5) is 1.13. The molecule has 0 N–H and O–H groups in total. The summed E-state index contributed by atoms with van der Waals surface area (Å²) in [7, 11) is 0. The molecule has 0 saturated carbocycles. The zero-order valence-electron chi connectivity index (χ0n) is 14.9. The van der Waals surface area contributed by atoms with Gasteiger partial charge in [0.15, 0.2) is 0 Å². The molecular formula is C23H23NOS. The van der Waals surface area contributed by atoms with Crippen LogP contribution in [0.3, 0.4) is 0 Å². The van der Waals surface area contributed by atoms with Crippen molar-refractivity contribution in [1.29, 1.82) is 0 Å². The lowest BCUT2D eigenvalue weighted by Gasteiger charge is -2.18. The normalized spacial score (nSPS) is 12.7. The van der Waals surface area contributed by atoms with Gasteiger partial charge < -0.3 is 4.74 Å². The Morgan fingerprint density at radius 2 is 1.35 bits per heavy atom. The Morgan fingerprint density at radius 1 is 0.808 bits per heavy atom. The number of rotatable bonds is 8. The van der Waals surface area contributed by atoms with Crippen LogP contribution in [0.4, 0.5) is 0 Å². The maximum absolute atomic E-state index is 6.24. The molecule has 3 aromatic rings. The van der Waals surface area contributed by atoms with Crippen LogP contribution in [-0.4, -0.2) is 11.8 Å². The molecule has 0 radical (unpaired) electrons. The number of hydrogen-bond acceptors (Lipinski definition) is 3. The molecule has 132 valence electrons. The Balaban J connectivity index is 1.70. The average molecular weight is 362 g/mol. The smallest absolute Gasteiger partial charge is 0.100 e. The molecule has 0 aliphatic heterocycles. The van der Waals surface area contributed by atoms with Gasteiger partial charge in [-0.3, -0.25) is 0 Å². The third kappa shape index (κ3) is 5.87. The summed E-state index contributed by atoms with van der Waals surface area (Å²) in [6.07, 6.45) is 0.770. The van der Waals surface area contributed by atoms with E-state index in [0.717, 1.165) is 17.0 Å². The first kappa shape index (κ1) is 18.4. The second-order valence-electron chi connectivity index (χ2n) is 6.11. The molecule has 0 fully saturated rings. The van der Waals surface area contributed by atoms with Crippen molar-refractivity contribution in [3.8, 4) is 0 Å². The lowest BCUT2D eigenvalue weighted by molar-refractivity contribution is 0.0844. The van der Waals surface area contributed by atoms with Gasteiger partial charge in [0.25, 0.3) is 0 Å². The summed E-state index contributed by atoms with van der Waals surface area (Å²) in [6, 6.07) is 30.9. The molecule has 26 heavy (non-hydrogen) atoms. The van der Waals surface area contributed by atoms with Crippen LogP contribution in [-0.2, 0) is 17.8 Å². The minimum Gasteiger partial charge on any atom is -0.367 e. The molecular weight excluding hydrogens is 338 g/mol. The Kier molecular flexibility index (Phi) is 7.05. The van der Waals surface area contributed by atoms with Crippen LogP contribution in [0.25, 0.3) is 0 Å². The Morgan fingerprint density at radius 3 is 1.96 bits per heavy atom. The van der Waals surface area contributed by atoms with Crippen molar-refractivity contribution in [2.24, 2.45) is 4.40 Å². The third-order valence-electron chi connectivity index (χ3n) is 4.06. The number of hydrogen-bond donors (Lipinski definition) is 0. The molecule has 0 heterocycles. The fourth-order valence-corrected chi connectivity index (χ4v) is 3.24. The second kappa shape index (κ2) is 9.95. The van der Waals surface area contributed by atoms with E-state index in [-0.39, 0.29) is 6.10 Å². The van der Waals surface area contributed by atoms with Gasteiger partial charge in [0.2, 0.25) is 0 Å². The van der Waals surface area contributed by atoms with E-state index in [4.69, 9.17) is 9.13 Å². The summed E-state index contributed by atoms with van der Waals surface area (Å²) in [5.74, 6) is 0. The van der Waals surface area contributed by atoms with E-state index in [1.807, 2.05) is 42.5 Å². The lowest BCUT2D eigenvalue weighted by Crippen LogP contribution is -2.24. The third-order valence-corrected chi connectivity index (χ3v) is 4.92. The van der Waals surface area contributed by atoms with E-state index in [1.165, 1.54) is 23.1 Å². The maximum atomic E-state index is 6.24. The SMILES string of the molecule is C/C(=N\Sc1ccccc1)[C@H](Cc1ccccc1)OCc1ccccc1. The first-order chi connectivity index (χ1) is 12.8. The Bertz CT molecular complexity index is 803. The molecule has 3 heteroatoms. The average Bonchev–Trinajstić information content (AvgIpc) is 2.71. The topological polar surface area (TPSA) is 21.6 Å². The van der Waals surface area contributed by atoms with Crippen molar-refractivity contribution in [1.82, 2.24) is 0 Å². The van der Waals surface area contributed by atoms with Gasteiger partial charge in [0.05, 0.1) is 12.3 Å². The Hall–Kier alpha value is -2.36. The highest BCUT2D eigenvalue weighted by Crippen LogP contribution is 2.20. The van der Waals surface area contributed by atoms with Crippen molar-refractivity contribution < 1.29 is 4.74 Å². The van der Waals surface area contributed by atoms with Gasteiger partial charge in [-0.05, 0) is 30.2 Å². The maximum Gasteiger partial charge on any atom is 0.100 e. The highest BCUT2D eigenvalue weighted by molar-refractivity contribution is 7.98. The highest BCUT2D eigenvalue weighted by atomic mass is 32.2. The molecule has 0 aliphatic rings. The van der Waals surface area contributed by atoms with Gasteiger partial charge in [-0.25, -0.2) is 4.40 Å². The second-order valence-corrected chi connectivity index (χ2v) is 6.95. The number of benzene rings is 3. The van der Waals surface area contributed by atoms with E-state index in [0.29, 0.717) is 6.61 Å². The van der Waals surface area contributed by atoms with E-state index in [1.54, 1.807) is 0 Å². The molecule has 2 nitrogen and oxygen atoms in total. The fourth-order valence-electron chi connectivity index (χ4n) is 2.59. The first-order valence-electron chi connectivity index (χ1n) is 8.77. The van der Waals surface area contributed by atoms with Crippen LogP contribution >= 0.6 is 11.9 Å². The molecule has 0 amide bonds. The summed E-state index contributed by atoms with van der Waals surface area (Å²) in [5.41, 5.74) is 3.43. The van der Waals surface area contributed by atoms with E-state index in [9.17, 15) is 0 Å². The van der Waals surface area contributed by atoms with Crippen LogP contribution in [0, 0.1) is 0 Å². The lowest BCUT2D eigenvalue weighted by atomic mass is 10.1. The van der Waals surface area contributed by atoms with Gasteiger partial charge in [0.1, 0.15) is 6.10 Å². The molecule has 0 aliphatic carbocycles. The Labute approximate surface area is 160 Å². The van der Waals surface area contributed by atoms with Crippen LogP contribution in [0.15, 0.2) is 100 Å². The zero-order chi connectivity index (χ0) is 18.0. The van der Waals surface area contributed by atoms with E-state index >= 15 is 0 Å². The van der Waals surface area contributed by atoms with Crippen LogP contribution < -0.4 is 0 Å². The van der Waals surface area contributed by atoms with Crippen molar-refractivity contribution in [2.75, 3.05) is 0 Å². The summed E-state index contributed by atoms with van der Waals surface area (Å²) in [5, 5.41) is 0. The number of ether oxygens (including phenoxy) is 1. The van der Waals surface area contributed by atoms with Crippen LogP contribution in [0.5, 0.6) is 0 Å². The van der Waals surface area contributed by atoms with Gasteiger partial charge in [-0.15, -0.1) is 0 Å². The molecule has 1 atom stereocenters. The first-order valence-corrected chi connectivity index (χ1v) is 9.54. The molecule has 0 unspecified atom stereocenters. The van der Waals surface area contributed by atoms with Gasteiger partial charge in [0, 0.05) is 23.3 Å². The molecule has 3 rings (SSSR count). The van der Waals surface area contributed by atoms with Crippen LogP contribution in [0.2, 0.25) is 0 Å².